The summed E-state index contributed by atoms with van der Waals surface area (Å²) in [5, 5.41) is 6.00. The number of carbonyl (C=O) groups excluding carboxylic acids is 1. The second-order valence-electron chi connectivity index (χ2n) is 7.63. The number of hydrogen-bond donors (Lipinski definition) is 2. The van der Waals surface area contributed by atoms with E-state index < -0.39 is 0 Å². The summed E-state index contributed by atoms with van der Waals surface area (Å²) in [5.74, 6) is 5.60. The zero-order valence-electron chi connectivity index (χ0n) is 18.5. The lowest BCUT2D eigenvalue weighted by Gasteiger charge is -2.10. The fourth-order valence-electron chi connectivity index (χ4n) is 3.11. The summed E-state index contributed by atoms with van der Waals surface area (Å²) in [6, 6.07) is 10.1. The zero-order chi connectivity index (χ0) is 22.8. The van der Waals surface area contributed by atoms with Gasteiger partial charge in [-0.3, -0.25) is 9.79 Å². The fraction of sp³-hybridized carbons (Fsp3) is 0.259. The molecule has 1 aliphatic rings. The highest BCUT2D eigenvalue weighted by atomic mass is 19.1. The van der Waals surface area contributed by atoms with Crippen molar-refractivity contribution in [3.63, 3.8) is 0 Å². The molecule has 5 heteroatoms. The van der Waals surface area contributed by atoms with Crippen molar-refractivity contribution in [3.8, 4) is 11.8 Å². The van der Waals surface area contributed by atoms with Crippen LogP contribution in [0.3, 0.4) is 0 Å². The summed E-state index contributed by atoms with van der Waals surface area (Å²) in [6.07, 6.45) is 10.4. The number of unbranched alkanes of at least 4 members (excludes halogenated alkanes) is 1. The highest BCUT2D eigenvalue weighted by Gasteiger charge is 2.10. The molecule has 4 nitrogen and oxygen atoms in total. The molecule has 0 radical (unpaired) electrons. The average molecular weight is 430 g/mol. The number of allylic oxidation sites excluding steroid dienone is 3. The highest BCUT2D eigenvalue weighted by Crippen LogP contribution is 2.17. The number of nitrogens with zero attached hydrogens (tertiary/aromatic N) is 1. The smallest absolute Gasteiger partial charge is 0.255 e. The summed E-state index contributed by atoms with van der Waals surface area (Å²) in [7, 11) is 0. The molecule has 1 amide bonds. The van der Waals surface area contributed by atoms with E-state index in [1.807, 2.05) is 25.1 Å². The van der Waals surface area contributed by atoms with Crippen molar-refractivity contribution < 1.29 is 9.18 Å². The van der Waals surface area contributed by atoms with Crippen LogP contribution < -0.4 is 10.6 Å². The molecule has 1 aliphatic heterocycles. The molecule has 0 aliphatic carbocycles. The van der Waals surface area contributed by atoms with Crippen molar-refractivity contribution >= 4 is 17.8 Å². The maximum absolute atomic E-state index is 14.4. The molecule has 0 spiro atoms. The van der Waals surface area contributed by atoms with E-state index in [4.69, 9.17) is 0 Å². The summed E-state index contributed by atoms with van der Waals surface area (Å²) in [5.41, 5.74) is 4.05. The van der Waals surface area contributed by atoms with E-state index in [0.29, 0.717) is 23.4 Å². The minimum Gasteiger partial charge on any atom is -0.322 e. The van der Waals surface area contributed by atoms with Gasteiger partial charge < -0.3 is 10.6 Å². The molecule has 0 fully saturated rings. The van der Waals surface area contributed by atoms with Gasteiger partial charge in [-0.05, 0) is 56.1 Å². The molecule has 164 valence electrons. The van der Waals surface area contributed by atoms with Gasteiger partial charge in [-0.15, -0.1) is 0 Å². The third kappa shape index (κ3) is 6.76. The Hall–Kier alpha value is -3.49. The van der Waals surface area contributed by atoms with Crippen LogP contribution in [0.15, 0.2) is 65.3 Å². The molecule has 0 atom stereocenters. The fourth-order valence-corrected chi connectivity index (χ4v) is 3.11. The topological polar surface area (TPSA) is 53.5 Å². The van der Waals surface area contributed by atoms with Crippen LogP contribution in [0.2, 0.25) is 0 Å². The molecule has 32 heavy (non-hydrogen) atoms. The summed E-state index contributed by atoms with van der Waals surface area (Å²) in [4.78, 5) is 16.9. The standard InChI is InChI=1S/C27H28FN3O/c1-3-4-14-30-19-24-12-13-25(17-26(24)28)31-27(32)23-10-8-20(2)22(16-23)11-9-21-7-5-6-15-29-18-21/h6-8,10,12-13,15-18,30H,3-5,14,19H2,1-2H3,(H,31,32). The van der Waals surface area contributed by atoms with E-state index in [0.717, 1.165) is 42.5 Å². The lowest BCUT2D eigenvalue weighted by atomic mass is 10.0. The molecule has 2 aromatic rings. The van der Waals surface area contributed by atoms with Crippen molar-refractivity contribution in [2.75, 3.05) is 11.9 Å². The Balaban J connectivity index is 1.68. The van der Waals surface area contributed by atoms with Crippen molar-refractivity contribution in [2.24, 2.45) is 4.99 Å². The Morgan fingerprint density at radius 3 is 2.88 bits per heavy atom. The Bertz CT molecular complexity index is 1120. The van der Waals surface area contributed by atoms with E-state index in [-0.39, 0.29) is 11.7 Å². The monoisotopic (exact) mass is 429 g/mol. The minimum atomic E-state index is -0.338. The highest BCUT2D eigenvalue weighted by molar-refractivity contribution is 6.04. The maximum Gasteiger partial charge on any atom is 0.255 e. The Morgan fingerprint density at radius 2 is 2.06 bits per heavy atom. The first-order chi connectivity index (χ1) is 15.6. The number of aliphatic imine (C=N–C) groups is 1. The van der Waals surface area contributed by atoms with Gasteiger partial charge in [0, 0.05) is 46.9 Å². The van der Waals surface area contributed by atoms with E-state index >= 15 is 0 Å². The first-order valence-corrected chi connectivity index (χ1v) is 10.9. The molecule has 0 saturated carbocycles. The lowest BCUT2D eigenvalue weighted by Crippen LogP contribution is -2.16. The number of aryl methyl sites for hydroxylation is 1. The van der Waals surface area contributed by atoms with E-state index in [9.17, 15) is 9.18 Å². The SMILES string of the molecule is CCCCNCc1ccc(NC(=O)c2ccc(C)c(C#CC3=CCC=CN=C3)c2)cc1F. The van der Waals surface area contributed by atoms with Crippen LogP contribution in [0.25, 0.3) is 0 Å². The number of nitrogens with one attached hydrogen (secondary N) is 2. The third-order valence-corrected chi connectivity index (χ3v) is 5.05. The summed E-state index contributed by atoms with van der Waals surface area (Å²) < 4.78 is 14.4. The maximum atomic E-state index is 14.4. The van der Waals surface area contributed by atoms with E-state index in [1.54, 1.807) is 36.7 Å². The number of anilines is 1. The van der Waals surface area contributed by atoms with Gasteiger partial charge in [-0.1, -0.05) is 49.5 Å². The van der Waals surface area contributed by atoms with Crippen molar-refractivity contribution in [2.45, 2.75) is 39.7 Å². The Kier molecular flexibility index (Phi) is 8.53. The van der Waals surface area contributed by atoms with Crippen molar-refractivity contribution in [1.29, 1.82) is 0 Å². The van der Waals surface area contributed by atoms with Crippen LogP contribution in [0.5, 0.6) is 0 Å². The normalized spacial score (nSPS) is 12.5. The predicted octanol–water partition coefficient (Wildman–Crippen LogP) is 5.54. The van der Waals surface area contributed by atoms with Crippen LogP contribution in [-0.4, -0.2) is 18.7 Å². The van der Waals surface area contributed by atoms with Crippen molar-refractivity contribution in [1.82, 2.24) is 5.32 Å². The molecule has 0 aromatic heterocycles. The summed E-state index contributed by atoms with van der Waals surface area (Å²) >= 11 is 0. The number of halogens is 1. The molecule has 2 aromatic carbocycles. The zero-order valence-corrected chi connectivity index (χ0v) is 18.5. The second kappa shape index (κ2) is 11.8. The number of benzene rings is 2. The van der Waals surface area contributed by atoms with Crippen molar-refractivity contribution in [3.05, 3.63) is 88.4 Å². The number of amides is 1. The minimum absolute atomic E-state index is 0.305. The largest absolute Gasteiger partial charge is 0.322 e. The van der Waals surface area contributed by atoms with Crippen LogP contribution in [0, 0.1) is 24.6 Å². The third-order valence-electron chi connectivity index (χ3n) is 5.05. The first kappa shape index (κ1) is 23.2. The molecule has 0 saturated heterocycles. The van der Waals surface area contributed by atoms with Crippen LogP contribution >= 0.6 is 0 Å². The molecular weight excluding hydrogens is 401 g/mol. The van der Waals surface area contributed by atoms with Gasteiger partial charge >= 0.3 is 0 Å². The van der Waals surface area contributed by atoms with Gasteiger partial charge in [0.1, 0.15) is 5.82 Å². The van der Waals surface area contributed by atoms with Crippen LogP contribution in [0.1, 0.15) is 53.2 Å². The lowest BCUT2D eigenvalue weighted by molar-refractivity contribution is 0.102. The van der Waals surface area contributed by atoms with E-state index in [1.165, 1.54) is 6.07 Å². The van der Waals surface area contributed by atoms with Gasteiger partial charge in [0.2, 0.25) is 0 Å². The summed E-state index contributed by atoms with van der Waals surface area (Å²) in [6.45, 7) is 5.39. The number of rotatable bonds is 7. The van der Waals surface area contributed by atoms with Crippen LogP contribution in [-0.2, 0) is 6.54 Å². The number of hydrogen-bond acceptors (Lipinski definition) is 3. The average Bonchev–Trinajstić information content (AvgIpc) is 3.06. The molecule has 0 unspecified atom stereocenters. The first-order valence-electron chi connectivity index (χ1n) is 10.9. The quantitative estimate of drug-likeness (QED) is 0.448. The molecule has 1 heterocycles. The molecular formula is C27H28FN3O. The van der Waals surface area contributed by atoms with Gasteiger partial charge in [-0.25, -0.2) is 4.39 Å². The predicted molar refractivity (Wildman–Crippen MR) is 129 cm³/mol. The van der Waals surface area contributed by atoms with Gasteiger partial charge in [0.05, 0.1) is 0 Å². The Morgan fingerprint density at radius 1 is 1.19 bits per heavy atom. The van der Waals surface area contributed by atoms with E-state index in [2.05, 4.69) is 34.4 Å². The van der Waals surface area contributed by atoms with Gasteiger partial charge in [-0.2, -0.15) is 0 Å². The molecule has 2 N–H and O–H groups in total. The van der Waals surface area contributed by atoms with Crippen LogP contribution in [0.4, 0.5) is 10.1 Å². The molecule has 0 bridgehead atoms. The molecule has 3 rings (SSSR count). The van der Waals surface area contributed by atoms with Gasteiger partial charge in [0.25, 0.3) is 5.91 Å². The number of carbonyl (C=O) groups is 1. The van der Waals surface area contributed by atoms with Gasteiger partial charge in [0.15, 0.2) is 0 Å². The second-order valence-corrected chi connectivity index (χ2v) is 7.63. The Labute approximate surface area is 189 Å².